The Morgan fingerprint density at radius 2 is 2.07 bits per heavy atom. The fourth-order valence-electron chi connectivity index (χ4n) is 1.20. The molecule has 0 fully saturated rings. The van der Waals surface area contributed by atoms with Crippen molar-refractivity contribution < 1.29 is 53.9 Å². The van der Waals surface area contributed by atoms with Crippen LogP contribution in [0, 0.1) is 44.1 Å². The van der Waals surface area contributed by atoms with Gasteiger partial charge < -0.3 is 9.84 Å². The third kappa shape index (κ3) is 2.53. The molecule has 2 aromatic rings. The van der Waals surface area contributed by atoms with Gasteiger partial charge in [-0.1, -0.05) is 11.6 Å². The number of hydrogen-bond donors (Lipinski definition) is 1. The standard InChI is InChI=1S/C9H7ClN2O2.Ac/c1-14-8-3-6-5(2-7(8)13)9(10)12-4-11-6;/h2-4,13H,1H3;. The second-order valence-electron chi connectivity index (χ2n) is 2.71. The van der Waals surface area contributed by atoms with Gasteiger partial charge in [0.2, 0.25) is 0 Å². The largest absolute Gasteiger partial charge is 0.504 e. The van der Waals surface area contributed by atoms with Crippen molar-refractivity contribution in [1.82, 2.24) is 9.97 Å². The summed E-state index contributed by atoms with van der Waals surface area (Å²) in [6.07, 6.45) is 1.36. The Labute approximate surface area is 127 Å². The first kappa shape index (κ1) is 13.0. The molecule has 0 bridgehead atoms. The Bertz CT molecular complexity index is 493. The third-order valence-electron chi connectivity index (χ3n) is 1.89. The van der Waals surface area contributed by atoms with E-state index in [0.717, 1.165) is 0 Å². The molecule has 0 atom stereocenters. The third-order valence-corrected chi connectivity index (χ3v) is 2.19. The van der Waals surface area contributed by atoms with Gasteiger partial charge in [0.25, 0.3) is 0 Å². The first-order valence-corrected chi connectivity index (χ1v) is 4.27. The molecule has 0 saturated carbocycles. The number of nitrogens with zero attached hydrogens (tertiary/aromatic N) is 2. The average molecular weight is 438 g/mol. The maximum atomic E-state index is 9.49. The Kier molecular flexibility index (Phi) is 4.57. The molecule has 75 valence electrons. The number of benzene rings is 1. The molecule has 1 aromatic heterocycles. The number of phenols is 1. The summed E-state index contributed by atoms with van der Waals surface area (Å²) in [5.41, 5.74) is 0.639. The van der Waals surface area contributed by atoms with Crippen LogP contribution >= 0.6 is 11.6 Å². The molecule has 1 aromatic carbocycles. The number of fused-ring (bicyclic) bond motifs is 1. The van der Waals surface area contributed by atoms with Crippen molar-refractivity contribution in [3.63, 3.8) is 0 Å². The molecule has 1 radical (unpaired) electrons. The van der Waals surface area contributed by atoms with Crippen molar-refractivity contribution >= 4 is 22.5 Å². The summed E-state index contributed by atoms with van der Waals surface area (Å²) in [7, 11) is 1.48. The molecule has 0 aliphatic heterocycles. The Morgan fingerprint density at radius 3 is 2.73 bits per heavy atom. The molecule has 1 N–H and O–H groups in total. The van der Waals surface area contributed by atoms with E-state index in [2.05, 4.69) is 9.97 Å². The normalized spacial score (nSPS) is 9.73. The van der Waals surface area contributed by atoms with E-state index in [1.165, 1.54) is 19.5 Å². The van der Waals surface area contributed by atoms with Crippen LogP contribution in [0.5, 0.6) is 11.5 Å². The van der Waals surface area contributed by atoms with Crippen molar-refractivity contribution in [1.29, 1.82) is 0 Å². The van der Waals surface area contributed by atoms with Gasteiger partial charge in [-0.15, -0.1) is 0 Å². The number of rotatable bonds is 1. The van der Waals surface area contributed by atoms with Crippen molar-refractivity contribution in [2.45, 2.75) is 0 Å². The maximum Gasteiger partial charge on any atom is 0.162 e. The van der Waals surface area contributed by atoms with Crippen LogP contribution in [0.2, 0.25) is 5.15 Å². The molecule has 0 aliphatic carbocycles. The molecule has 4 nitrogen and oxygen atoms in total. The number of aromatic nitrogens is 2. The van der Waals surface area contributed by atoms with Crippen LogP contribution in [0.25, 0.3) is 10.9 Å². The molecule has 0 aliphatic rings. The molecular weight excluding hydrogens is 431 g/mol. The second-order valence-corrected chi connectivity index (χ2v) is 3.06. The quantitative estimate of drug-likeness (QED) is 0.694. The van der Waals surface area contributed by atoms with E-state index >= 15 is 0 Å². The van der Waals surface area contributed by atoms with Crippen molar-refractivity contribution in [2.24, 2.45) is 0 Å². The van der Waals surface area contributed by atoms with Gasteiger partial charge in [0.1, 0.15) is 11.5 Å². The SMILES string of the molecule is COc1cc2ncnc(Cl)c2cc1O.[Ac]. The van der Waals surface area contributed by atoms with Crippen LogP contribution in [0.4, 0.5) is 0 Å². The van der Waals surface area contributed by atoms with Crippen LogP contribution in [-0.2, 0) is 0 Å². The van der Waals surface area contributed by atoms with E-state index in [1.807, 2.05) is 0 Å². The van der Waals surface area contributed by atoms with Crippen LogP contribution < -0.4 is 4.74 Å². The summed E-state index contributed by atoms with van der Waals surface area (Å²) in [6.45, 7) is 0. The summed E-state index contributed by atoms with van der Waals surface area (Å²) in [5, 5.41) is 10.4. The fourth-order valence-corrected chi connectivity index (χ4v) is 1.40. The van der Waals surface area contributed by atoms with Crippen molar-refractivity contribution in [3.05, 3.63) is 23.6 Å². The summed E-state index contributed by atoms with van der Waals surface area (Å²) >= 11 is 5.82. The van der Waals surface area contributed by atoms with Crippen molar-refractivity contribution in [3.8, 4) is 11.5 Å². The summed E-state index contributed by atoms with van der Waals surface area (Å²) in [4.78, 5) is 7.81. The van der Waals surface area contributed by atoms with Crippen molar-refractivity contribution in [2.75, 3.05) is 7.11 Å². The zero-order valence-electron chi connectivity index (χ0n) is 7.94. The van der Waals surface area contributed by atoms with Gasteiger partial charge in [-0.25, -0.2) is 9.97 Å². The summed E-state index contributed by atoms with van der Waals surface area (Å²) < 4.78 is 4.94. The van der Waals surface area contributed by atoms with E-state index in [4.69, 9.17) is 16.3 Å². The van der Waals surface area contributed by atoms with Gasteiger partial charge in [-0.2, -0.15) is 0 Å². The first-order valence-electron chi connectivity index (χ1n) is 3.89. The Morgan fingerprint density at radius 1 is 1.33 bits per heavy atom. The summed E-state index contributed by atoms with van der Waals surface area (Å²) in [6, 6.07) is 3.09. The van der Waals surface area contributed by atoms with Gasteiger partial charge in [-0.3, -0.25) is 0 Å². The second kappa shape index (κ2) is 5.29. The minimum Gasteiger partial charge on any atom is -0.504 e. The molecule has 15 heavy (non-hydrogen) atoms. The minimum absolute atomic E-state index is 0. The predicted octanol–water partition coefficient (Wildman–Crippen LogP) is 2.00. The van der Waals surface area contributed by atoms with E-state index in [9.17, 15) is 5.11 Å². The van der Waals surface area contributed by atoms with Gasteiger partial charge in [-0.05, 0) is 6.07 Å². The van der Waals surface area contributed by atoms with Crippen LogP contribution in [0.3, 0.4) is 0 Å². The van der Waals surface area contributed by atoms with E-state index in [0.29, 0.717) is 21.8 Å². The van der Waals surface area contributed by atoms with Crippen LogP contribution in [0.1, 0.15) is 0 Å². The monoisotopic (exact) mass is 437 g/mol. The van der Waals surface area contributed by atoms with Gasteiger partial charge in [0.05, 0.1) is 12.6 Å². The van der Waals surface area contributed by atoms with E-state index < -0.39 is 0 Å². The average Bonchev–Trinajstić information content (AvgIpc) is 2.19. The Balaban J connectivity index is 0.00000112. The molecule has 0 unspecified atom stereocenters. The molecule has 1 heterocycles. The number of halogens is 1. The molecule has 6 heteroatoms. The molecule has 2 rings (SSSR count). The van der Waals surface area contributed by atoms with E-state index in [1.54, 1.807) is 6.07 Å². The smallest absolute Gasteiger partial charge is 0.162 e. The Hall–Kier alpha value is -0.108. The molecule has 0 spiro atoms. The topological polar surface area (TPSA) is 55.2 Å². The number of hydrogen-bond acceptors (Lipinski definition) is 4. The zero-order chi connectivity index (χ0) is 10.1. The number of aromatic hydroxyl groups is 1. The van der Waals surface area contributed by atoms with Gasteiger partial charge in [0.15, 0.2) is 11.5 Å². The first-order chi connectivity index (χ1) is 6.72. The molecule has 0 amide bonds. The maximum absolute atomic E-state index is 9.49. The number of phenolic OH excluding ortho intramolecular Hbond substituents is 1. The predicted molar refractivity (Wildman–Crippen MR) is 52.8 cm³/mol. The fraction of sp³-hybridized carbons (Fsp3) is 0.111. The number of ether oxygens (including phenoxy) is 1. The van der Waals surface area contributed by atoms with Crippen LogP contribution in [0.15, 0.2) is 18.5 Å². The molecular formula is C9H7AcClN2O2. The van der Waals surface area contributed by atoms with Crippen LogP contribution in [-0.4, -0.2) is 22.2 Å². The van der Waals surface area contributed by atoms with E-state index in [-0.39, 0.29) is 49.8 Å². The van der Waals surface area contributed by atoms with Gasteiger partial charge >= 0.3 is 0 Å². The minimum atomic E-state index is 0. The summed E-state index contributed by atoms with van der Waals surface area (Å²) in [5.74, 6) is 0.393. The van der Waals surface area contributed by atoms with Gasteiger partial charge in [0, 0.05) is 55.5 Å². The molecule has 0 saturated heterocycles. The zero-order valence-corrected chi connectivity index (χ0v) is 13.4. The number of methoxy groups -OCH3 is 1.